The second kappa shape index (κ2) is 7.23. The average Bonchev–Trinajstić information content (AvgIpc) is 2.68. The number of carbonyl (C=O) groups is 2. The third-order valence-electron chi connectivity index (χ3n) is 4.03. The number of ketones is 1. The first-order valence-electron chi connectivity index (χ1n) is 8.21. The van der Waals surface area contributed by atoms with Crippen LogP contribution in [0.5, 0.6) is 5.75 Å². The van der Waals surface area contributed by atoms with Crippen LogP contribution in [0.25, 0.3) is 5.52 Å². The summed E-state index contributed by atoms with van der Waals surface area (Å²) in [5, 5.41) is 15.8. The summed E-state index contributed by atoms with van der Waals surface area (Å²) in [5.74, 6) is -1.52. The lowest BCUT2D eigenvalue weighted by atomic mass is 10.0. The number of pyridine rings is 2. The van der Waals surface area contributed by atoms with Crippen molar-refractivity contribution in [2.45, 2.75) is 6.92 Å². The van der Waals surface area contributed by atoms with Crippen LogP contribution in [0.1, 0.15) is 33.3 Å². The molecule has 0 aliphatic rings. The number of carbonyl (C=O) groups excluding carboxylic acids is 2. The number of fused-ring (bicyclic) bond motifs is 1. The van der Waals surface area contributed by atoms with E-state index >= 15 is 0 Å². The summed E-state index contributed by atoms with van der Waals surface area (Å²) in [6.45, 7) is 1.80. The third-order valence-corrected chi connectivity index (χ3v) is 4.03. The number of nitrogens with one attached hydrogen (secondary N) is 1. The SMILES string of the molecule is CCOC(=O)c1cc(C(=O)c2ccccc2)[n+]2cccc(NC)c2c1[O-]. The van der Waals surface area contributed by atoms with Gasteiger partial charge in [-0.2, -0.15) is 4.40 Å². The molecule has 1 aromatic carbocycles. The highest BCUT2D eigenvalue weighted by Crippen LogP contribution is 2.26. The minimum absolute atomic E-state index is 0.138. The Hall–Kier alpha value is -3.41. The zero-order chi connectivity index (χ0) is 18.7. The molecule has 0 saturated carbocycles. The fraction of sp³-hybridized carbons (Fsp3) is 0.150. The Morgan fingerprint density at radius 1 is 1.15 bits per heavy atom. The minimum Gasteiger partial charge on any atom is -0.867 e. The van der Waals surface area contributed by atoms with E-state index in [0.717, 1.165) is 0 Å². The molecule has 0 saturated heterocycles. The van der Waals surface area contributed by atoms with Gasteiger partial charge in [0.1, 0.15) is 5.69 Å². The maximum atomic E-state index is 13.0. The maximum Gasteiger partial charge on any atom is 0.337 e. The van der Waals surface area contributed by atoms with Crippen LogP contribution in [-0.2, 0) is 4.74 Å². The molecule has 6 heteroatoms. The van der Waals surface area contributed by atoms with Crippen LogP contribution in [0.4, 0.5) is 5.69 Å². The minimum atomic E-state index is -0.743. The molecule has 3 rings (SSSR count). The first kappa shape index (κ1) is 17.4. The van der Waals surface area contributed by atoms with E-state index in [1.165, 1.54) is 10.5 Å². The topological polar surface area (TPSA) is 82.6 Å². The molecule has 0 aliphatic heterocycles. The van der Waals surface area contributed by atoms with Crippen LogP contribution in [-0.4, -0.2) is 25.4 Å². The van der Waals surface area contributed by atoms with Gasteiger partial charge >= 0.3 is 5.97 Å². The monoisotopic (exact) mass is 350 g/mol. The van der Waals surface area contributed by atoms with Crippen molar-refractivity contribution >= 4 is 23.0 Å². The molecule has 0 unspecified atom stereocenters. The predicted octanol–water partition coefficient (Wildman–Crippen LogP) is 1.95. The van der Waals surface area contributed by atoms with Gasteiger partial charge in [-0.1, -0.05) is 30.3 Å². The van der Waals surface area contributed by atoms with E-state index < -0.39 is 11.7 Å². The van der Waals surface area contributed by atoms with Gasteiger partial charge in [-0.15, -0.1) is 0 Å². The highest BCUT2D eigenvalue weighted by atomic mass is 16.5. The molecule has 0 aliphatic carbocycles. The van der Waals surface area contributed by atoms with Crippen LogP contribution in [0.15, 0.2) is 54.7 Å². The zero-order valence-electron chi connectivity index (χ0n) is 14.5. The van der Waals surface area contributed by atoms with Gasteiger partial charge in [-0.25, -0.2) is 4.79 Å². The van der Waals surface area contributed by atoms with Crippen molar-refractivity contribution in [2.75, 3.05) is 19.0 Å². The Kier molecular flexibility index (Phi) is 4.84. The second-order valence-corrected chi connectivity index (χ2v) is 5.58. The van der Waals surface area contributed by atoms with Crippen molar-refractivity contribution in [3.63, 3.8) is 0 Å². The molecule has 2 heterocycles. The first-order chi connectivity index (χ1) is 12.6. The normalized spacial score (nSPS) is 10.5. The van der Waals surface area contributed by atoms with E-state index in [-0.39, 0.29) is 29.2 Å². The van der Waals surface area contributed by atoms with E-state index in [4.69, 9.17) is 4.74 Å². The van der Waals surface area contributed by atoms with Gasteiger partial charge in [0.2, 0.25) is 5.52 Å². The summed E-state index contributed by atoms with van der Waals surface area (Å²) >= 11 is 0. The lowest BCUT2D eigenvalue weighted by molar-refractivity contribution is -0.517. The van der Waals surface area contributed by atoms with Crippen LogP contribution in [0.3, 0.4) is 0 Å². The summed E-state index contributed by atoms with van der Waals surface area (Å²) in [6, 6.07) is 13.4. The quantitative estimate of drug-likeness (QED) is 0.432. The Labute approximate surface area is 150 Å². The molecule has 2 aromatic heterocycles. The van der Waals surface area contributed by atoms with E-state index in [2.05, 4.69) is 5.32 Å². The van der Waals surface area contributed by atoms with Gasteiger partial charge in [0.05, 0.1) is 12.2 Å². The van der Waals surface area contributed by atoms with Gasteiger partial charge in [0, 0.05) is 24.7 Å². The fourth-order valence-corrected chi connectivity index (χ4v) is 2.81. The summed E-state index contributed by atoms with van der Waals surface area (Å²) in [7, 11) is 1.67. The Morgan fingerprint density at radius 3 is 2.54 bits per heavy atom. The van der Waals surface area contributed by atoms with Crippen molar-refractivity contribution in [3.8, 4) is 5.75 Å². The fourth-order valence-electron chi connectivity index (χ4n) is 2.81. The number of hydrogen-bond donors (Lipinski definition) is 1. The third kappa shape index (κ3) is 2.97. The number of anilines is 1. The van der Waals surface area contributed by atoms with Crippen molar-refractivity contribution < 1.29 is 23.8 Å². The summed E-state index contributed by atoms with van der Waals surface area (Å²) in [6.07, 6.45) is 1.63. The number of ether oxygens (including phenoxy) is 1. The van der Waals surface area contributed by atoms with E-state index in [1.807, 2.05) is 6.07 Å². The van der Waals surface area contributed by atoms with Gasteiger partial charge in [-0.3, -0.25) is 4.79 Å². The number of rotatable bonds is 5. The number of nitrogens with zero attached hydrogens (tertiary/aromatic N) is 1. The van der Waals surface area contributed by atoms with Crippen LogP contribution >= 0.6 is 0 Å². The van der Waals surface area contributed by atoms with Crippen molar-refractivity contribution in [2.24, 2.45) is 0 Å². The van der Waals surface area contributed by atoms with E-state index in [9.17, 15) is 14.7 Å². The smallest absolute Gasteiger partial charge is 0.337 e. The predicted molar refractivity (Wildman–Crippen MR) is 94.4 cm³/mol. The number of aromatic nitrogens is 1. The van der Waals surface area contributed by atoms with Crippen LogP contribution in [0.2, 0.25) is 0 Å². The maximum absolute atomic E-state index is 13.0. The standard InChI is InChI=1S/C20H18N2O4/c1-3-26-20(25)14-12-16(18(23)13-8-5-4-6-9-13)22-11-7-10-15(21-2)17(22)19(14)24/h4-12H,3H2,1-2H3,(H-,21,23,24,25). The number of esters is 1. The zero-order valence-corrected chi connectivity index (χ0v) is 14.5. The molecule has 0 radical (unpaired) electrons. The molecular weight excluding hydrogens is 332 g/mol. The van der Waals surface area contributed by atoms with Crippen molar-refractivity contribution in [1.29, 1.82) is 0 Å². The summed E-state index contributed by atoms with van der Waals surface area (Å²) < 4.78 is 6.50. The Bertz CT molecular complexity index is 984. The molecule has 0 spiro atoms. The number of benzene rings is 1. The van der Waals surface area contributed by atoms with Gasteiger partial charge in [0.15, 0.2) is 6.20 Å². The van der Waals surface area contributed by atoms with Crippen molar-refractivity contribution in [1.82, 2.24) is 0 Å². The molecule has 3 aromatic rings. The molecule has 132 valence electrons. The molecule has 6 nitrogen and oxygen atoms in total. The largest absolute Gasteiger partial charge is 0.867 e. The number of hydrogen-bond acceptors (Lipinski definition) is 5. The van der Waals surface area contributed by atoms with Gasteiger partial charge in [-0.05, 0) is 18.7 Å². The highest BCUT2D eigenvalue weighted by molar-refractivity contribution is 6.08. The molecule has 0 bridgehead atoms. The first-order valence-corrected chi connectivity index (χ1v) is 8.21. The van der Waals surface area contributed by atoms with Gasteiger partial charge < -0.3 is 15.2 Å². The van der Waals surface area contributed by atoms with Crippen LogP contribution in [0, 0.1) is 0 Å². The molecule has 0 amide bonds. The Balaban J connectivity index is 2.33. The summed E-state index contributed by atoms with van der Waals surface area (Å²) in [4.78, 5) is 25.3. The lowest BCUT2D eigenvalue weighted by Crippen LogP contribution is -2.34. The lowest BCUT2D eigenvalue weighted by Gasteiger charge is -2.15. The molecule has 0 fully saturated rings. The highest BCUT2D eigenvalue weighted by Gasteiger charge is 2.26. The van der Waals surface area contributed by atoms with E-state index in [0.29, 0.717) is 11.3 Å². The second-order valence-electron chi connectivity index (χ2n) is 5.58. The van der Waals surface area contributed by atoms with E-state index in [1.54, 1.807) is 56.6 Å². The Morgan fingerprint density at radius 2 is 1.88 bits per heavy atom. The van der Waals surface area contributed by atoms with Crippen molar-refractivity contribution in [3.05, 3.63) is 71.5 Å². The summed E-state index contributed by atoms with van der Waals surface area (Å²) in [5.41, 5.74) is 1.26. The average molecular weight is 350 g/mol. The molecular formula is C20H18N2O4. The van der Waals surface area contributed by atoms with Gasteiger partial charge in [0.25, 0.3) is 11.5 Å². The molecule has 0 atom stereocenters. The molecule has 26 heavy (non-hydrogen) atoms. The van der Waals surface area contributed by atoms with Crippen LogP contribution < -0.4 is 14.8 Å². The molecule has 1 N–H and O–H groups in total.